The number of hydrogen-bond acceptors (Lipinski definition) is 3. The van der Waals surface area contributed by atoms with Crippen LogP contribution in [0.5, 0.6) is 5.75 Å². The van der Waals surface area contributed by atoms with E-state index in [9.17, 15) is 5.11 Å². The second-order valence-electron chi connectivity index (χ2n) is 5.50. The SMILES string of the molecule is CC(C)(CO)c1ccc(OC2CCSCC2)cc1. The lowest BCUT2D eigenvalue weighted by Crippen LogP contribution is -2.23. The van der Waals surface area contributed by atoms with Gasteiger partial charge in [-0.2, -0.15) is 11.8 Å². The zero-order valence-electron chi connectivity index (χ0n) is 11.2. The number of ether oxygens (including phenoxy) is 1. The quantitative estimate of drug-likeness (QED) is 0.907. The third kappa shape index (κ3) is 3.42. The van der Waals surface area contributed by atoms with Crippen LogP contribution in [0.15, 0.2) is 24.3 Å². The van der Waals surface area contributed by atoms with Gasteiger partial charge in [0, 0.05) is 5.41 Å². The van der Waals surface area contributed by atoms with Crippen LogP contribution >= 0.6 is 11.8 Å². The highest BCUT2D eigenvalue weighted by atomic mass is 32.2. The number of benzene rings is 1. The van der Waals surface area contributed by atoms with E-state index in [-0.39, 0.29) is 12.0 Å². The Bertz CT molecular complexity index is 367. The van der Waals surface area contributed by atoms with Gasteiger partial charge in [0.15, 0.2) is 0 Å². The molecule has 1 heterocycles. The van der Waals surface area contributed by atoms with Crippen molar-refractivity contribution in [2.24, 2.45) is 0 Å². The summed E-state index contributed by atoms with van der Waals surface area (Å²) in [6.45, 7) is 4.25. The van der Waals surface area contributed by atoms with E-state index in [1.807, 2.05) is 37.7 Å². The minimum absolute atomic E-state index is 0.160. The molecular weight excluding hydrogens is 244 g/mol. The molecule has 1 fully saturated rings. The number of aliphatic hydroxyl groups is 1. The van der Waals surface area contributed by atoms with Crippen molar-refractivity contribution >= 4 is 11.8 Å². The van der Waals surface area contributed by atoms with Gasteiger partial charge in [0.25, 0.3) is 0 Å². The van der Waals surface area contributed by atoms with Crippen LogP contribution in [0.25, 0.3) is 0 Å². The Balaban J connectivity index is 1.99. The first-order valence-electron chi connectivity index (χ1n) is 6.57. The molecule has 0 amide bonds. The molecule has 2 rings (SSSR count). The van der Waals surface area contributed by atoms with Crippen LogP contribution in [0.1, 0.15) is 32.3 Å². The van der Waals surface area contributed by atoms with Crippen LogP contribution in [-0.4, -0.2) is 29.3 Å². The maximum absolute atomic E-state index is 9.34. The lowest BCUT2D eigenvalue weighted by atomic mass is 9.86. The molecule has 18 heavy (non-hydrogen) atoms. The Morgan fingerprint density at radius 2 is 1.83 bits per heavy atom. The molecule has 0 aromatic heterocycles. The first kappa shape index (κ1) is 13.8. The highest BCUT2D eigenvalue weighted by Gasteiger charge is 2.20. The normalized spacial score (nSPS) is 17.7. The summed E-state index contributed by atoms with van der Waals surface area (Å²) in [5, 5.41) is 9.34. The Kier molecular flexibility index (Phi) is 4.57. The zero-order chi connectivity index (χ0) is 13.0. The van der Waals surface area contributed by atoms with E-state index in [2.05, 4.69) is 12.1 Å². The minimum atomic E-state index is -0.181. The van der Waals surface area contributed by atoms with Crippen LogP contribution in [0.2, 0.25) is 0 Å². The fourth-order valence-electron chi connectivity index (χ4n) is 2.06. The van der Waals surface area contributed by atoms with Crippen molar-refractivity contribution in [2.75, 3.05) is 18.1 Å². The zero-order valence-corrected chi connectivity index (χ0v) is 12.0. The maximum atomic E-state index is 9.34. The Morgan fingerprint density at radius 1 is 1.22 bits per heavy atom. The summed E-state index contributed by atoms with van der Waals surface area (Å²) in [6, 6.07) is 8.16. The fraction of sp³-hybridized carbons (Fsp3) is 0.600. The molecule has 0 aliphatic carbocycles. The van der Waals surface area contributed by atoms with Crippen LogP contribution in [0, 0.1) is 0 Å². The molecule has 1 N–H and O–H groups in total. The maximum Gasteiger partial charge on any atom is 0.119 e. The summed E-state index contributed by atoms with van der Waals surface area (Å²) in [5.74, 6) is 3.37. The molecule has 1 aromatic rings. The molecule has 1 saturated heterocycles. The van der Waals surface area contributed by atoms with E-state index in [4.69, 9.17) is 4.74 Å². The van der Waals surface area contributed by atoms with Gasteiger partial charge >= 0.3 is 0 Å². The summed E-state index contributed by atoms with van der Waals surface area (Å²) in [7, 11) is 0. The fourth-order valence-corrected chi connectivity index (χ4v) is 3.13. The van der Waals surface area contributed by atoms with Crippen LogP contribution in [0.4, 0.5) is 0 Å². The van der Waals surface area contributed by atoms with Crippen molar-refractivity contribution < 1.29 is 9.84 Å². The number of thioether (sulfide) groups is 1. The summed E-state index contributed by atoms with van der Waals surface area (Å²) in [5.41, 5.74) is 0.969. The first-order chi connectivity index (χ1) is 8.62. The molecule has 1 aromatic carbocycles. The summed E-state index contributed by atoms with van der Waals surface area (Å²) < 4.78 is 5.98. The molecular formula is C15H22O2S. The Hall–Kier alpha value is -0.670. The van der Waals surface area contributed by atoms with E-state index in [0.29, 0.717) is 6.10 Å². The molecule has 0 bridgehead atoms. The largest absolute Gasteiger partial charge is 0.490 e. The second kappa shape index (κ2) is 5.98. The van der Waals surface area contributed by atoms with Gasteiger partial charge in [-0.15, -0.1) is 0 Å². The summed E-state index contributed by atoms with van der Waals surface area (Å²) >= 11 is 2.01. The van der Waals surface area contributed by atoms with Gasteiger partial charge < -0.3 is 9.84 Å². The first-order valence-corrected chi connectivity index (χ1v) is 7.73. The van der Waals surface area contributed by atoms with Crippen LogP contribution in [0.3, 0.4) is 0 Å². The predicted octanol–water partition coefficient (Wildman–Crippen LogP) is 3.23. The molecule has 100 valence electrons. The smallest absolute Gasteiger partial charge is 0.119 e. The van der Waals surface area contributed by atoms with Crippen molar-refractivity contribution in [3.63, 3.8) is 0 Å². The standard InChI is InChI=1S/C15H22O2S/c1-15(2,11-16)12-3-5-13(6-4-12)17-14-7-9-18-10-8-14/h3-6,14,16H,7-11H2,1-2H3. The molecule has 3 heteroatoms. The van der Waals surface area contributed by atoms with E-state index < -0.39 is 0 Å². The highest BCUT2D eigenvalue weighted by molar-refractivity contribution is 7.99. The third-order valence-electron chi connectivity index (χ3n) is 3.50. The minimum Gasteiger partial charge on any atom is -0.490 e. The van der Waals surface area contributed by atoms with E-state index in [1.54, 1.807) is 0 Å². The van der Waals surface area contributed by atoms with Crippen molar-refractivity contribution in [3.8, 4) is 5.75 Å². The van der Waals surface area contributed by atoms with Gasteiger partial charge in [0.1, 0.15) is 11.9 Å². The van der Waals surface area contributed by atoms with Gasteiger partial charge in [-0.25, -0.2) is 0 Å². The van der Waals surface area contributed by atoms with E-state index in [1.165, 1.54) is 11.5 Å². The third-order valence-corrected chi connectivity index (χ3v) is 4.55. The number of rotatable bonds is 4. The van der Waals surface area contributed by atoms with Crippen molar-refractivity contribution in [3.05, 3.63) is 29.8 Å². The van der Waals surface area contributed by atoms with Gasteiger partial charge in [-0.3, -0.25) is 0 Å². The van der Waals surface area contributed by atoms with Crippen LogP contribution < -0.4 is 4.74 Å². The van der Waals surface area contributed by atoms with Gasteiger partial charge in [-0.05, 0) is 42.0 Å². The number of hydrogen-bond donors (Lipinski definition) is 1. The van der Waals surface area contributed by atoms with Crippen molar-refractivity contribution in [2.45, 2.75) is 38.2 Å². The Labute approximate surface area is 114 Å². The monoisotopic (exact) mass is 266 g/mol. The predicted molar refractivity (Wildman–Crippen MR) is 77.5 cm³/mol. The molecule has 0 unspecified atom stereocenters. The summed E-state index contributed by atoms with van der Waals surface area (Å²) in [4.78, 5) is 0. The average Bonchev–Trinajstić information content (AvgIpc) is 2.40. The topological polar surface area (TPSA) is 29.5 Å². The molecule has 0 radical (unpaired) electrons. The molecule has 0 saturated carbocycles. The van der Waals surface area contributed by atoms with Gasteiger partial charge in [-0.1, -0.05) is 26.0 Å². The molecule has 2 nitrogen and oxygen atoms in total. The van der Waals surface area contributed by atoms with E-state index >= 15 is 0 Å². The lowest BCUT2D eigenvalue weighted by Gasteiger charge is -2.24. The Morgan fingerprint density at radius 3 is 2.39 bits per heavy atom. The molecule has 1 aliphatic rings. The second-order valence-corrected chi connectivity index (χ2v) is 6.72. The van der Waals surface area contributed by atoms with Gasteiger partial charge in [0.05, 0.1) is 6.61 Å². The van der Waals surface area contributed by atoms with E-state index in [0.717, 1.165) is 24.2 Å². The summed E-state index contributed by atoms with van der Waals surface area (Å²) in [6.07, 6.45) is 2.67. The van der Waals surface area contributed by atoms with Crippen molar-refractivity contribution in [1.82, 2.24) is 0 Å². The molecule has 0 atom stereocenters. The lowest BCUT2D eigenvalue weighted by molar-refractivity contribution is 0.192. The van der Waals surface area contributed by atoms with Crippen LogP contribution in [-0.2, 0) is 5.41 Å². The molecule has 0 spiro atoms. The highest BCUT2D eigenvalue weighted by Crippen LogP contribution is 2.27. The average molecular weight is 266 g/mol. The van der Waals surface area contributed by atoms with Crippen molar-refractivity contribution in [1.29, 1.82) is 0 Å². The van der Waals surface area contributed by atoms with Gasteiger partial charge in [0.2, 0.25) is 0 Å². The number of aliphatic hydroxyl groups excluding tert-OH is 1. The molecule has 1 aliphatic heterocycles.